The fourth-order valence-corrected chi connectivity index (χ4v) is 4.32. The summed E-state index contributed by atoms with van der Waals surface area (Å²) in [5, 5.41) is 5.55. The number of amides is 4. The summed E-state index contributed by atoms with van der Waals surface area (Å²) in [7, 11) is 1.57. The fourth-order valence-electron chi connectivity index (χ4n) is 4.32. The van der Waals surface area contributed by atoms with Crippen LogP contribution in [0.5, 0.6) is 11.5 Å². The number of benzene rings is 2. The first kappa shape index (κ1) is 23.4. The van der Waals surface area contributed by atoms with Gasteiger partial charge in [0, 0.05) is 19.0 Å². The Balaban J connectivity index is 1.65. The lowest BCUT2D eigenvalue weighted by Crippen LogP contribution is -2.35. The van der Waals surface area contributed by atoms with Crippen molar-refractivity contribution < 1.29 is 23.9 Å². The van der Waals surface area contributed by atoms with Crippen LogP contribution in [0, 0.1) is 5.92 Å². The minimum absolute atomic E-state index is 0.0346. The van der Waals surface area contributed by atoms with Gasteiger partial charge in [-0.3, -0.25) is 9.59 Å². The molecule has 4 amide bonds. The second-order valence-electron chi connectivity index (χ2n) is 8.48. The van der Waals surface area contributed by atoms with E-state index in [-0.39, 0.29) is 23.8 Å². The van der Waals surface area contributed by atoms with Crippen molar-refractivity contribution in [3.8, 4) is 11.5 Å². The number of rotatable bonds is 10. The third kappa shape index (κ3) is 4.93. The summed E-state index contributed by atoms with van der Waals surface area (Å²) in [6.45, 7) is 3.03. The highest BCUT2D eigenvalue weighted by molar-refractivity contribution is 6.07. The van der Waals surface area contributed by atoms with Crippen LogP contribution in [0.4, 0.5) is 10.5 Å². The van der Waals surface area contributed by atoms with E-state index in [2.05, 4.69) is 10.6 Å². The molecule has 2 aromatic carbocycles. The molecule has 1 saturated carbocycles. The van der Waals surface area contributed by atoms with Gasteiger partial charge in [0.2, 0.25) is 5.91 Å². The van der Waals surface area contributed by atoms with Gasteiger partial charge in [-0.1, -0.05) is 18.2 Å². The highest BCUT2D eigenvalue weighted by Gasteiger charge is 2.37. The molecule has 1 aliphatic carbocycles. The standard InChI is InChI=1S/C25H30N4O5/c1-3-34-21-13-16(9-10-20(21)33-2)19(11-12-27-25(26)32)29-14-17-5-4-6-18(22(17)24(29)31)28-23(30)15-7-8-15/h4-6,9-10,13,15,19H,3,7-8,11-12,14H2,1-2H3,(H,28,30)(H3,26,27,32)/t19-/m0/s1. The van der Waals surface area contributed by atoms with Crippen LogP contribution in [0.2, 0.25) is 0 Å². The molecule has 4 N–H and O–H groups in total. The zero-order valence-corrected chi connectivity index (χ0v) is 19.4. The quantitative estimate of drug-likeness (QED) is 0.496. The first-order valence-corrected chi connectivity index (χ1v) is 11.5. The molecular weight excluding hydrogens is 436 g/mol. The number of ether oxygens (including phenoxy) is 2. The minimum Gasteiger partial charge on any atom is -0.493 e. The van der Waals surface area contributed by atoms with Crippen molar-refractivity contribution in [2.45, 2.75) is 38.8 Å². The van der Waals surface area contributed by atoms with Crippen molar-refractivity contribution in [3.05, 3.63) is 53.1 Å². The lowest BCUT2D eigenvalue weighted by atomic mass is 10.0. The van der Waals surface area contributed by atoms with Crippen LogP contribution in [0.15, 0.2) is 36.4 Å². The lowest BCUT2D eigenvalue weighted by molar-refractivity contribution is -0.117. The predicted octanol–water partition coefficient (Wildman–Crippen LogP) is 3.20. The number of nitrogens with two attached hydrogens (primary N) is 1. The SMILES string of the molecule is CCOc1cc([C@H](CCNC(N)=O)N2Cc3cccc(NC(=O)C4CC4)c3C2=O)ccc1OC. The Hall–Kier alpha value is -3.75. The number of urea groups is 1. The fraction of sp³-hybridized carbons (Fsp3) is 0.400. The Morgan fingerprint density at radius 1 is 1.21 bits per heavy atom. The Morgan fingerprint density at radius 3 is 2.68 bits per heavy atom. The maximum atomic E-state index is 13.6. The second-order valence-corrected chi connectivity index (χ2v) is 8.48. The summed E-state index contributed by atoms with van der Waals surface area (Å²) in [5.41, 5.74) is 8.02. The third-order valence-electron chi connectivity index (χ3n) is 6.14. The highest BCUT2D eigenvalue weighted by atomic mass is 16.5. The molecule has 0 radical (unpaired) electrons. The Kier molecular flexibility index (Phi) is 6.90. The number of hydrogen-bond donors (Lipinski definition) is 3. The largest absolute Gasteiger partial charge is 0.493 e. The molecule has 4 rings (SSSR count). The first-order valence-electron chi connectivity index (χ1n) is 11.5. The molecule has 1 fully saturated rings. The Labute approximate surface area is 198 Å². The van der Waals surface area contributed by atoms with Crippen LogP contribution < -0.4 is 25.8 Å². The monoisotopic (exact) mass is 466 g/mol. The highest BCUT2D eigenvalue weighted by Crippen LogP contribution is 2.39. The Bertz CT molecular complexity index is 1100. The maximum Gasteiger partial charge on any atom is 0.312 e. The molecule has 0 bridgehead atoms. The van der Waals surface area contributed by atoms with E-state index in [0.717, 1.165) is 24.0 Å². The average molecular weight is 467 g/mol. The molecule has 180 valence electrons. The van der Waals surface area contributed by atoms with Crippen molar-refractivity contribution in [2.75, 3.05) is 25.6 Å². The number of primary amides is 1. The van der Waals surface area contributed by atoms with Gasteiger partial charge in [-0.15, -0.1) is 0 Å². The number of nitrogens with zero attached hydrogens (tertiary/aromatic N) is 1. The van der Waals surface area contributed by atoms with Crippen molar-refractivity contribution >= 4 is 23.5 Å². The zero-order chi connectivity index (χ0) is 24.2. The molecule has 0 unspecified atom stereocenters. The molecule has 9 heteroatoms. The van der Waals surface area contributed by atoms with Gasteiger partial charge in [0.05, 0.1) is 31.0 Å². The molecule has 0 aromatic heterocycles. The second kappa shape index (κ2) is 10.0. The van der Waals surface area contributed by atoms with Gasteiger partial charge in [0.15, 0.2) is 11.5 Å². The minimum atomic E-state index is -0.621. The van der Waals surface area contributed by atoms with Gasteiger partial charge >= 0.3 is 6.03 Å². The van der Waals surface area contributed by atoms with Crippen molar-refractivity contribution in [1.82, 2.24) is 10.2 Å². The molecule has 1 heterocycles. The summed E-state index contributed by atoms with van der Waals surface area (Å²) in [6, 6.07) is 10.1. The number of anilines is 1. The molecule has 0 spiro atoms. The lowest BCUT2D eigenvalue weighted by Gasteiger charge is -2.29. The third-order valence-corrected chi connectivity index (χ3v) is 6.14. The van der Waals surface area contributed by atoms with Crippen LogP contribution in [0.3, 0.4) is 0 Å². The van der Waals surface area contributed by atoms with Crippen molar-refractivity contribution in [2.24, 2.45) is 11.7 Å². The van der Waals surface area contributed by atoms with Gasteiger partial charge in [0.1, 0.15) is 0 Å². The molecule has 0 saturated heterocycles. The first-order chi connectivity index (χ1) is 16.4. The topological polar surface area (TPSA) is 123 Å². The van der Waals surface area contributed by atoms with E-state index >= 15 is 0 Å². The van der Waals surface area contributed by atoms with E-state index in [1.54, 1.807) is 18.1 Å². The van der Waals surface area contributed by atoms with Crippen LogP contribution in [0.25, 0.3) is 0 Å². The summed E-state index contributed by atoms with van der Waals surface area (Å²) in [6.07, 6.45) is 2.22. The van der Waals surface area contributed by atoms with Gasteiger partial charge in [-0.25, -0.2) is 4.79 Å². The van der Waals surface area contributed by atoms with E-state index in [1.165, 1.54) is 0 Å². The molecule has 2 aromatic rings. The van der Waals surface area contributed by atoms with Crippen molar-refractivity contribution in [1.29, 1.82) is 0 Å². The zero-order valence-electron chi connectivity index (χ0n) is 19.4. The van der Waals surface area contributed by atoms with Gasteiger partial charge < -0.3 is 30.7 Å². The van der Waals surface area contributed by atoms with Gasteiger partial charge in [-0.05, 0) is 55.5 Å². The van der Waals surface area contributed by atoms with Crippen LogP contribution in [0.1, 0.15) is 53.7 Å². The summed E-state index contributed by atoms with van der Waals surface area (Å²) in [5.74, 6) is 1.00. The Morgan fingerprint density at radius 2 is 2.00 bits per heavy atom. The van der Waals surface area contributed by atoms with Crippen LogP contribution in [-0.2, 0) is 11.3 Å². The number of carbonyl (C=O) groups excluding carboxylic acids is 3. The normalized spacial score (nSPS) is 15.5. The number of fused-ring (bicyclic) bond motifs is 1. The average Bonchev–Trinajstić information content (AvgIpc) is 3.61. The van der Waals surface area contributed by atoms with Gasteiger partial charge in [0.25, 0.3) is 5.91 Å². The number of methoxy groups -OCH3 is 1. The van der Waals surface area contributed by atoms with E-state index in [1.807, 2.05) is 37.3 Å². The molecule has 2 aliphatic rings. The maximum absolute atomic E-state index is 13.6. The van der Waals surface area contributed by atoms with Crippen LogP contribution in [-0.4, -0.2) is 43.0 Å². The predicted molar refractivity (Wildman–Crippen MR) is 127 cm³/mol. The smallest absolute Gasteiger partial charge is 0.312 e. The van der Waals surface area contributed by atoms with Gasteiger partial charge in [-0.2, -0.15) is 0 Å². The van der Waals surface area contributed by atoms with E-state index < -0.39 is 6.03 Å². The molecule has 1 aliphatic heterocycles. The molecule has 9 nitrogen and oxygen atoms in total. The summed E-state index contributed by atoms with van der Waals surface area (Å²) < 4.78 is 11.1. The molecular formula is C25H30N4O5. The summed E-state index contributed by atoms with van der Waals surface area (Å²) >= 11 is 0. The number of hydrogen-bond acceptors (Lipinski definition) is 5. The summed E-state index contributed by atoms with van der Waals surface area (Å²) in [4.78, 5) is 39.0. The van der Waals surface area contributed by atoms with E-state index in [0.29, 0.717) is 48.9 Å². The molecule has 1 atom stereocenters. The number of nitrogens with one attached hydrogen (secondary N) is 2. The molecule has 34 heavy (non-hydrogen) atoms. The number of carbonyl (C=O) groups is 3. The van der Waals surface area contributed by atoms with Crippen molar-refractivity contribution in [3.63, 3.8) is 0 Å². The van der Waals surface area contributed by atoms with E-state index in [4.69, 9.17) is 15.2 Å². The van der Waals surface area contributed by atoms with Crippen LogP contribution >= 0.6 is 0 Å². The van der Waals surface area contributed by atoms with E-state index in [9.17, 15) is 14.4 Å².